The predicted octanol–water partition coefficient (Wildman–Crippen LogP) is 2.45. The quantitative estimate of drug-likeness (QED) is 0.854. The average Bonchev–Trinajstić information content (AvgIpc) is 2.33. The van der Waals surface area contributed by atoms with Crippen LogP contribution in [0.1, 0.15) is 18.4 Å². The Labute approximate surface area is 115 Å². The van der Waals surface area contributed by atoms with E-state index in [0.29, 0.717) is 11.1 Å². The van der Waals surface area contributed by atoms with E-state index >= 15 is 0 Å². The van der Waals surface area contributed by atoms with Gasteiger partial charge in [0.2, 0.25) is 0 Å². The molecule has 1 saturated heterocycles. The molecular weight excluding hydrogens is 246 g/mol. The zero-order chi connectivity index (χ0) is 13.1. The van der Waals surface area contributed by atoms with Gasteiger partial charge in [-0.3, -0.25) is 4.90 Å². The smallest absolute Gasteiger partial charge is 0.0426 e. The minimum absolute atomic E-state index is 0.660. The lowest BCUT2D eigenvalue weighted by Crippen LogP contribution is -2.44. The molecule has 1 unspecified atom stereocenters. The summed E-state index contributed by atoms with van der Waals surface area (Å²) < 4.78 is 0. The third-order valence-electron chi connectivity index (χ3n) is 3.71. The molecule has 0 bridgehead atoms. The van der Waals surface area contributed by atoms with Gasteiger partial charge in [-0.15, -0.1) is 0 Å². The van der Waals surface area contributed by atoms with Crippen LogP contribution in [0.4, 0.5) is 5.69 Å². The maximum absolute atomic E-state index is 6.01. The molecule has 100 valence electrons. The number of likely N-dealkylation sites (tertiary alicyclic amines) is 1. The topological polar surface area (TPSA) is 32.5 Å². The number of benzene rings is 1. The second-order valence-electron chi connectivity index (χ2n) is 5.34. The van der Waals surface area contributed by atoms with E-state index in [0.717, 1.165) is 25.3 Å². The Kier molecular flexibility index (Phi) is 4.49. The van der Waals surface area contributed by atoms with Gasteiger partial charge in [0, 0.05) is 29.8 Å². The number of nitrogen functional groups attached to an aromatic ring is 1. The SMILES string of the molecule is CN(C)C1CCCN(Cc2ccc(Cl)cc2N)C1. The molecule has 1 atom stereocenters. The summed E-state index contributed by atoms with van der Waals surface area (Å²) in [5, 5.41) is 0.709. The fourth-order valence-corrected chi connectivity index (χ4v) is 2.73. The number of nitrogens with zero attached hydrogens (tertiary/aromatic N) is 2. The number of piperidine rings is 1. The Morgan fingerprint density at radius 2 is 2.22 bits per heavy atom. The van der Waals surface area contributed by atoms with Gasteiger partial charge in [0.15, 0.2) is 0 Å². The summed E-state index contributed by atoms with van der Waals surface area (Å²) in [5.41, 5.74) is 7.99. The molecule has 2 rings (SSSR count). The Morgan fingerprint density at radius 3 is 2.89 bits per heavy atom. The first-order valence-electron chi connectivity index (χ1n) is 6.49. The highest BCUT2D eigenvalue weighted by Gasteiger charge is 2.21. The molecule has 1 fully saturated rings. The van der Waals surface area contributed by atoms with Gasteiger partial charge in [-0.1, -0.05) is 17.7 Å². The van der Waals surface area contributed by atoms with Gasteiger partial charge >= 0.3 is 0 Å². The Hall–Kier alpha value is -0.770. The van der Waals surface area contributed by atoms with Crippen LogP contribution in [0.15, 0.2) is 18.2 Å². The summed E-state index contributed by atoms with van der Waals surface area (Å²) >= 11 is 5.92. The van der Waals surface area contributed by atoms with Crippen LogP contribution in [0, 0.1) is 0 Å². The number of hydrogen-bond acceptors (Lipinski definition) is 3. The van der Waals surface area contributed by atoms with Crippen molar-refractivity contribution in [1.82, 2.24) is 9.80 Å². The van der Waals surface area contributed by atoms with Gasteiger partial charge in [-0.2, -0.15) is 0 Å². The highest BCUT2D eigenvalue weighted by atomic mass is 35.5. The molecular formula is C14H22ClN3. The predicted molar refractivity (Wildman–Crippen MR) is 77.9 cm³/mol. The standard InChI is InChI=1S/C14H22ClN3/c1-17(2)13-4-3-7-18(10-13)9-11-5-6-12(15)8-14(11)16/h5-6,8,13H,3-4,7,9-10,16H2,1-2H3. The van der Waals surface area contributed by atoms with E-state index in [1.807, 2.05) is 18.2 Å². The molecule has 0 aliphatic carbocycles. The molecule has 1 aromatic rings. The zero-order valence-electron chi connectivity index (χ0n) is 11.2. The summed E-state index contributed by atoms with van der Waals surface area (Å²) in [6.45, 7) is 3.20. The van der Waals surface area contributed by atoms with Crippen LogP contribution >= 0.6 is 11.6 Å². The van der Waals surface area contributed by atoms with Crippen LogP contribution in [0.3, 0.4) is 0 Å². The van der Waals surface area contributed by atoms with Gasteiger partial charge in [-0.25, -0.2) is 0 Å². The van der Waals surface area contributed by atoms with E-state index in [-0.39, 0.29) is 0 Å². The van der Waals surface area contributed by atoms with E-state index in [9.17, 15) is 0 Å². The summed E-state index contributed by atoms with van der Waals surface area (Å²) in [6.07, 6.45) is 2.55. The van der Waals surface area contributed by atoms with Crippen molar-refractivity contribution < 1.29 is 0 Å². The van der Waals surface area contributed by atoms with E-state index in [4.69, 9.17) is 17.3 Å². The van der Waals surface area contributed by atoms with Crippen LogP contribution in [0.25, 0.3) is 0 Å². The first kappa shape index (κ1) is 13.7. The van der Waals surface area contributed by atoms with E-state index in [1.165, 1.54) is 18.4 Å². The monoisotopic (exact) mass is 267 g/mol. The second kappa shape index (κ2) is 5.91. The van der Waals surface area contributed by atoms with Gasteiger partial charge in [0.05, 0.1) is 0 Å². The van der Waals surface area contributed by atoms with Crippen molar-refractivity contribution in [3.05, 3.63) is 28.8 Å². The molecule has 0 amide bonds. The highest BCUT2D eigenvalue weighted by molar-refractivity contribution is 6.30. The van der Waals surface area contributed by atoms with E-state index in [1.54, 1.807) is 0 Å². The van der Waals surface area contributed by atoms with Crippen molar-refractivity contribution in [3.63, 3.8) is 0 Å². The van der Waals surface area contributed by atoms with Gasteiger partial charge < -0.3 is 10.6 Å². The van der Waals surface area contributed by atoms with Crippen molar-refractivity contribution >= 4 is 17.3 Å². The number of halogens is 1. The molecule has 0 radical (unpaired) electrons. The first-order chi connectivity index (χ1) is 8.56. The fourth-order valence-electron chi connectivity index (χ4n) is 2.55. The maximum Gasteiger partial charge on any atom is 0.0426 e. The van der Waals surface area contributed by atoms with Gasteiger partial charge in [-0.05, 0) is 51.2 Å². The van der Waals surface area contributed by atoms with Gasteiger partial charge in [0.25, 0.3) is 0 Å². The van der Waals surface area contributed by atoms with Crippen LogP contribution in [-0.2, 0) is 6.54 Å². The Bertz CT molecular complexity index is 406. The molecule has 3 nitrogen and oxygen atoms in total. The largest absolute Gasteiger partial charge is 0.398 e. The second-order valence-corrected chi connectivity index (χ2v) is 5.77. The third-order valence-corrected chi connectivity index (χ3v) is 3.95. The third kappa shape index (κ3) is 3.37. The molecule has 0 saturated carbocycles. The van der Waals surface area contributed by atoms with Crippen LogP contribution < -0.4 is 5.73 Å². The summed E-state index contributed by atoms with van der Waals surface area (Å²) in [5.74, 6) is 0. The molecule has 1 aliphatic heterocycles. The number of nitrogens with two attached hydrogens (primary N) is 1. The molecule has 18 heavy (non-hydrogen) atoms. The van der Waals surface area contributed by atoms with Crippen molar-refractivity contribution in [3.8, 4) is 0 Å². The molecule has 1 heterocycles. The lowest BCUT2D eigenvalue weighted by Gasteiger charge is -2.36. The number of anilines is 1. The Morgan fingerprint density at radius 1 is 1.44 bits per heavy atom. The van der Waals surface area contributed by atoms with Crippen molar-refractivity contribution in [2.24, 2.45) is 0 Å². The highest BCUT2D eigenvalue weighted by Crippen LogP contribution is 2.22. The van der Waals surface area contributed by atoms with Crippen molar-refractivity contribution in [2.75, 3.05) is 32.9 Å². The zero-order valence-corrected chi connectivity index (χ0v) is 12.0. The molecule has 0 spiro atoms. The maximum atomic E-state index is 6.01. The van der Waals surface area contributed by atoms with E-state index < -0.39 is 0 Å². The minimum Gasteiger partial charge on any atom is -0.398 e. The van der Waals surface area contributed by atoms with Gasteiger partial charge in [0.1, 0.15) is 0 Å². The molecule has 2 N–H and O–H groups in total. The normalized spacial score (nSPS) is 21.4. The lowest BCUT2D eigenvalue weighted by molar-refractivity contribution is 0.128. The van der Waals surface area contributed by atoms with Crippen LogP contribution in [-0.4, -0.2) is 43.0 Å². The van der Waals surface area contributed by atoms with Crippen LogP contribution in [0.2, 0.25) is 5.02 Å². The summed E-state index contributed by atoms with van der Waals surface area (Å²) in [4.78, 5) is 4.80. The Balaban J connectivity index is 2.00. The fraction of sp³-hybridized carbons (Fsp3) is 0.571. The number of rotatable bonds is 3. The van der Waals surface area contributed by atoms with E-state index in [2.05, 4.69) is 23.9 Å². The molecule has 0 aromatic heterocycles. The number of likely N-dealkylation sites (N-methyl/N-ethyl adjacent to an activating group) is 1. The molecule has 4 heteroatoms. The minimum atomic E-state index is 0.660. The number of hydrogen-bond donors (Lipinski definition) is 1. The van der Waals surface area contributed by atoms with Crippen molar-refractivity contribution in [2.45, 2.75) is 25.4 Å². The summed E-state index contributed by atoms with van der Waals surface area (Å²) in [7, 11) is 4.32. The molecule has 1 aliphatic rings. The van der Waals surface area contributed by atoms with Crippen LogP contribution in [0.5, 0.6) is 0 Å². The average molecular weight is 268 g/mol. The lowest BCUT2D eigenvalue weighted by atomic mass is 10.0. The summed E-state index contributed by atoms with van der Waals surface area (Å²) in [6, 6.07) is 6.45. The first-order valence-corrected chi connectivity index (χ1v) is 6.87. The molecule has 1 aromatic carbocycles. The van der Waals surface area contributed by atoms with Crippen molar-refractivity contribution in [1.29, 1.82) is 0 Å².